The second kappa shape index (κ2) is 9.38. The van der Waals surface area contributed by atoms with E-state index in [-0.39, 0.29) is 0 Å². The molecule has 0 saturated heterocycles. The summed E-state index contributed by atoms with van der Waals surface area (Å²) in [6.07, 6.45) is 0. The fourth-order valence-electron chi connectivity index (χ4n) is 5.02. The highest BCUT2D eigenvalue weighted by Crippen LogP contribution is 2.34. The fourth-order valence-corrected chi connectivity index (χ4v) is 5.02. The zero-order chi connectivity index (χ0) is 25.3. The van der Waals surface area contributed by atoms with E-state index in [0.717, 1.165) is 61.0 Å². The van der Waals surface area contributed by atoms with Crippen LogP contribution in [0.5, 0.6) is 0 Å². The van der Waals surface area contributed by atoms with Gasteiger partial charge in [0, 0.05) is 16.3 Å². The van der Waals surface area contributed by atoms with E-state index in [1.807, 2.05) is 36.4 Å². The lowest BCUT2D eigenvalue weighted by Gasteiger charge is -2.13. The molecular weight excluding hydrogens is 462 g/mol. The Kier molecular flexibility index (Phi) is 5.45. The van der Waals surface area contributed by atoms with Gasteiger partial charge in [-0.2, -0.15) is 0 Å². The molecule has 0 saturated carbocycles. The lowest BCUT2D eigenvalue weighted by Crippen LogP contribution is -1.98. The molecule has 0 aliphatic heterocycles. The molecule has 2 heterocycles. The van der Waals surface area contributed by atoms with Crippen molar-refractivity contribution in [2.45, 2.75) is 0 Å². The fraction of sp³-hybridized carbons (Fsp3) is 0. The average Bonchev–Trinajstić information content (AvgIpc) is 3.01. The number of pyridine rings is 1. The van der Waals surface area contributed by atoms with Gasteiger partial charge < -0.3 is 0 Å². The van der Waals surface area contributed by atoms with Gasteiger partial charge in [-0.3, -0.25) is 0 Å². The van der Waals surface area contributed by atoms with Gasteiger partial charge in [0.05, 0.1) is 16.7 Å². The van der Waals surface area contributed by atoms with E-state index in [2.05, 4.69) is 103 Å². The number of fused-ring (bicyclic) bond motifs is 2. The van der Waals surface area contributed by atoms with Crippen LogP contribution in [0.1, 0.15) is 0 Å². The molecule has 0 unspecified atom stereocenters. The third-order valence-electron chi connectivity index (χ3n) is 6.88. The minimum absolute atomic E-state index is 0.615. The molecule has 0 aliphatic rings. The van der Waals surface area contributed by atoms with Crippen molar-refractivity contribution in [3.63, 3.8) is 0 Å². The van der Waals surface area contributed by atoms with Gasteiger partial charge in [0.2, 0.25) is 0 Å². The lowest BCUT2D eigenvalue weighted by atomic mass is 9.99. The number of aromatic nitrogens is 3. The molecule has 0 radical (unpaired) electrons. The Morgan fingerprint density at radius 3 is 1.74 bits per heavy atom. The van der Waals surface area contributed by atoms with E-state index in [1.165, 1.54) is 0 Å². The summed E-state index contributed by atoms with van der Waals surface area (Å²) in [5.41, 5.74) is 9.07. The molecule has 3 heteroatoms. The molecule has 7 rings (SSSR count). The second-order valence-corrected chi connectivity index (χ2v) is 9.30. The van der Waals surface area contributed by atoms with Crippen molar-refractivity contribution < 1.29 is 0 Å². The van der Waals surface area contributed by atoms with Gasteiger partial charge in [-0.05, 0) is 46.5 Å². The Hall–Kier alpha value is -5.15. The van der Waals surface area contributed by atoms with Gasteiger partial charge in [-0.15, -0.1) is 0 Å². The quantitative estimate of drug-likeness (QED) is 0.250. The van der Waals surface area contributed by atoms with Crippen LogP contribution < -0.4 is 0 Å². The maximum absolute atomic E-state index is 5.11. The summed E-state index contributed by atoms with van der Waals surface area (Å²) in [7, 11) is 0. The Morgan fingerprint density at radius 2 is 1.00 bits per heavy atom. The molecule has 0 N–H and O–H groups in total. The maximum atomic E-state index is 5.11. The van der Waals surface area contributed by atoms with E-state index < -0.39 is 0 Å². The number of nitrogens with zero attached hydrogens (tertiary/aromatic N) is 3. The van der Waals surface area contributed by atoms with E-state index in [1.54, 1.807) is 0 Å². The van der Waals surface area contributed by atoms with Gasteiger partial charge in [0.1, 0.15) is 5.69 Å². The zero-order valence-corrected chi connectivity index (χ0v) is 20.6. The molecule has 5 aromatic carbocycles. The normalized spacial score (nSPS) is 11.2. The van der Waals surface area contributed by atoms with Gasteiger partial charge in [-0.25, -0.2) is 15.0 Å². The highest BCUT2D eigenvalue weighted by atomic mass is 14.9. The Bertz CT molecular complexity index is 1900. The maximum Gasteiger partial charge on any atom is 0.179 e. The van der Waals surface area contributed by atoms with E-state index in [4.69, 9.17) is 15.0 Å². The number of benzene rings is 5. The zero-order valence-electron chi connectivity index (χ0n) is 20.6. The molecule has 7 aromatic rings. The SMILES string of the molecule is c1ccc(-c2ccc3c(-c4ccccc4)nc(-c4cc(-c5ccccc5)c5ccccc5n4)nc3c2)cc1. The summed E-state index contributed by atoms with van der Waals surface area (Å²) in [5, 5.41) is 2.13. The van der Waals surface area contributed by atoms with Crippen molar-refractivity contribution in [3.8, 4) is 45.0 Å². The van der Waals surface area contributed by atoms with Crippen molar-refractivity contribution in [2.75, 3.05) is 0 Å². The Balaban J connectivity index is 1.50. The largest absolute Gasteiger partial charge is 0.244 e. The van der Waals surface area contributed by atoms with Crippen LogP contribution in [-0.2, 0) is 0 Å². The lowest BCUT2D eigenvalue weighted by molar-refractivity contribution is 1.19. The summed E-state index contributed by atoms with van der Waals surface area (Å²) in [6.45, 7) is 0. The first-order valence-electron chi connectivity index (χ1n) is 12.7. The van der Waals surface area contributed by atoms with Crippen LogP contribution in [0.3, 0.4) is 0 Å². The molecule has 0 bridgehead atoms. The predicted molar refractivity (Wildman–Crippen MR) is 157 cm³/mol. The third-order valence-corrected chi connectivity index (χ3v) is 6.88. The number of rotatable bonds is 4. The van der Waals surface area contributed by atoms with Crippen molar-refractivity contribution in [1.29, 1.82) is 0 Å². The first-order chi connectivity index (χ1) is 18.8. The molecule has 2 aromatic heterocycles. The second-order valence-electron chi connectivity index (χ2n) is 9.30. The summed E-state index contributed by atoms with van der Waals surface area (Å²) in [5.74, 6) is 0.615. The predicted octanol–water partition coefficient (Wildman–Crippen LogP) is 8.85. The molecule has 178 valence electrons. The number of hydrogen-bond acceptors (Lipinski definition) is 3. The van der Waals surface area contributed by atoms with Gasteiger partial charge in [-0.1, -0.05) is 115 Å². The summed E-state index contributed by atoms with van der Waals surface area (Å²) in [4.78, 5) is 15.2. The minimum atomic E-state index is 0.615. The molecule has 0 spiro atoms. The molecule has 0 fully saturated rings. The standard InChI is InChI=1S/C35H23N3/c1-4-12-24(13-5-1)27-20-21-29-32(22-27)37-35(38-34(29)26-16-8-3-9-17-26)33-23-30(25-14-6-2-7-15-25)28-18-10-11-19-31(28)36-33/h1-23H. The van der Waals surface area contributed by atoms with Gasteiger partial charge >= 0.3 is 0 Å². The Labute approximate surface area is 221 Å². The molecular formula is C35H23N3. The van der Waals surface area contributed by atoms with Crippen LogP contribution in [0.2, 0.25) is 0 Å². The van der Waals surface area contributed by atoms with Crippen LogP contribution in [0.4, 0.5) is 0 Å². The monoisotopic (exact) mass is 485 g/mol. The third kappa shape index (κ3) is 4.00. The number of hydrogen-bond donors (Lipinski definition) is 0. The average molecular weight is 486 g/mol. The summed E-state index contributed by atoms with van der Waals surface area (Å²) in [6, 6.07) is 48.0. The highest BCUT2D eigenvalue weighted by molar-refractivity contribution is 5.98. The molecule has 38 heavy (non-hydrogen) atoms. The van der Waals surface area contributed by atoms with Crippen LogP contribution in [0, 0.1) is 0 Å². The first-order valence-corrected chi connectivity index (χ1v) is 12.7. The smallest absolute Gasteiger partial charge is 0.179 e. The number of para-hydroxylation sites is 1. The van der Waals surface area contributed by atoms with Crippen molar-refractivity contribution in [3.05, 3.63) is 140 Å². The van der Waals surface area contributed by atoms with E-state index in [0.29, 0.717) is 5.82 Å². The topological polar surface area (TPSA) is 38.7 Å². The summed E-state index contributed by atoms with van der Waals surface area (Å²) >= 11 is 0. The summed E-state index contributed by atoms with van der Waals surface area (Å²) < 4.78 is 0. The van der Waals surface area contributed by atoms with Crippen LogP contribution in [-0.4, -0.2) is 15.0 Å². The first kappa shape index (κ1) is 22.1. The van der Waals surface area contributed by atoms with Gasteiger partial charge in [0.15, 0.2) is 5.82 Å². The van der Waals surface area contributed by atoms with Crippen LogP contribution in [0.25, 0.3) is 66.8 Å². The van der Waals surface area contributed by atoms with Crippen molar-refractivity contribution >= 4 is 21.8 Å². The highest BCUT2D eigenvalue weighted by Gasteiger charge is 2.16. The van der Waals surface area contributed by atoms with E-state index >= 15 is 0 Å². The van der Waals surface area contributed by atoms with Crippen molar-refractivity contribution in [1.82, 2.24) is 15.0 Å². The molecule has 0 atom stereocenters. The van der Waals surface area contributed by atoms with Crippen molar-refractivity contribution in [2.24, 2.45) is 0 Å². The molecule has 3 nitrogen and oxygen atoms in total. The minimum Gasteiger partial charge on any atom is -0.244 e. The van der Waals surface area contributed by atoms with Crippen LogP contribution >= 0.6 is 0 Å². The van der Waals surface area contributed by atoms with Crippen LogP contribution in [0.15, 0.2) is 140 Å². The Morgan fingerprint density at radius 1 is 0.368 bits per heavy atom. The molecule has 0 aliphatic carbocycles. The van der Waals surface area contributed by atoms with Gasteiger partial charge in [0.25, 0.3) is 0 Å². The van der Waals surface area contributed by atoms with E-state index in [9.17, 15) is 0 Å². The molecule has 0 amide bonds.